The number of hydrogen-bond acceptors (Lipinski definition) is 5. The highest BCUT2D eigenvalue weighted by atomic mass is 32.2. The molecule has 2 rings (SSSR count). The first-order valence-corrected chi connectivity index (χ1v) is 10.7. The summed E-state index contributed by atoms with van der Waals surface area (Å²) in [6, 6.07) is 4.79. The molecule has 1 fully saturated rings. The topological polar surface area (TPSA) is 87.7 Å². The van der Waals surface area contributed by atoms with Gasteiger partial charge in [0.2, 0.25) is 15.9 Å². The van der Waals surface area contributed by atoms with E-state index >= 15 is 0 Å². The third kappa shape index (κ3) is 4.75. The Labute approximate surface area is 156 Å². The molecule has 26 heavy (non-hydrogen) atoms. The fourth-order valence-corrected chi connectivity index (χ4v) is 4.71. The lowest BCUT2D eigenvalue weighted by Crippen LogP contribution is -2.34. The predicted octanol–water partition coefficient (Wildman–Crippen LogP) is 2.05. The van der Waals surface area contributed by atoms with Crippen molar-refractivity contribution in [3.8, 4) is 5.75 Å². The van der Waals surface area contributed by atoms with Gasteiger partial charge < -0.3 is 15.4 Å². The summed E-state index contributed by atoms with van der Waals surface area (Å²) in [7, 11) is -3.69. The molecule has 0 aromatic heterocycles. The normalized spacial score (nSPS) is 15.8. The lowest BCUT2D eigenvalue weighted by atomic mass is 9.97. The van der Waals surface area contributed by atoms with Crippen LogP contribution in [0, 0.1) is 5.92 Å². The average molecular weight is 384 g/mol. The number of anilines is 1. The van der Waals surface area contributed by atoms with E-state index in [0.29, 0.717) is 31.1 Å². The summed E-state index contributed by atoms with van der Waals surface area (Å²) in [6.07, 6.45) is 1.57. The fraction of sp³-hybridized carbons (Fsp3) is 0.611. The second kappa shape index (κ2) is 9.34. The van der Waals surface area contributed by atoms with Gasteiger partial charge in [0.15, 0.2) is 0 Å². The summed E-state index contributed by atoms with van der Waals surface area (Å²) < 4.78 is 32.8. The summed E-state index contributed by atoms with van der Waals surface area (Å²) in [5.41, 5.74) is 0.475. The van der Waals surface area contributed by atoms with E-state index in [2.05, 4.69) is 10.6 Å². The molecular weight excluding hydrogens is 354 g/mol. The second-order valence-corrected chi connectivity index (χ2v) is 8.10. The summed E-state index contributed by atoms with van der Waals surface area (Å²) in [6.45, 7) is 8.15. The number of nitrogens with zero attached hydrogens (tertiary/aromatic N) is 1. The van der Waals surface area contributed by atoms with Crippen molar-refractivity contribution in [2.45, 2.75) is 38.5 Å². The Hall–Kier alpha value is -1.64. The lowest BCUT2D eigenvalue weighted by Gasteiger charge is -2.23. The highest BCUT2D eigenvalue weighted by Gasteiger charge is 2.27. The van der Waals surface area contributed by atoms with Crippen LogP contribution < -0.4 is 15.4 Å². The van der Waals surface area contributed by atoms with E-state index in [1.807, 2.05) is 0 Å². The first-order valence-electron chi connectivity index (χ1n) is 9.22. The SMILES string of the molecule is CCOc1ccc(NC(=O)C2CCNCC2)cc1S(=O)(=O)N(CC)CC. The smallest absolute Gasteiger partial charge is 0.246 e. The monoisotopic (exact) mass is 383 g/mol. The zero-order chi connectivity index (χ0) is 19.2. The van der Waals surface area contributed by atoms with E-state index in [9.17, 15) is 13.2 Å². The fourth-order valence-electron chi connectivity index (χ4n) is 3.09. The number of sulfonamides is 1. The molecule has 1 aliphatic heterocycles. The maximum atomic E-state index is 13.0. The van der Waals surface area contributed by atoms with Crippen LogP contribution in [0.15, 0.2) is 23.1 Å². The van der Waals surface area contributed by atoms with Crippen LogP contribution >= 0.6 is 0 Å². The zero-order valence-corrected chi connectivity index (χ0v) is 16.6. The van der Waals surface area contributed by atoms with Gasteiger partial charge in [-0.05, 0) is 51.1 Å². The summed E-state index contributed by atoms with van der Waals surface area (Å²) >= 11 is 0. The van der Waals surface area contributed by atoms with Crippen molar-refractivity contribution < 1.29 is 17.9 Å². The number of hydrogen-bond donors (Lipinski definition) is 2. The molecule has 146 valence electrons. The molecule has 1 amide bonds. The molecule has 0 saturated carbocycles. The number of amides is 1. The first-order chi connectivity index (χ1) is 12.4. The van der Waals surface area contributed by atoms with Crippen molar-refractivity contribution in [1.82, 2.24) is 9.62 Å². The maximum absolute atomic E-state index is 13.0. The van der Waals surface area contributed by atoms with Gasteiger partial charge in [0.1, 0.15) is 10.6 Å². The Balaban J connectivity index is 2.31. The van der Waals surface area contributed by atoms with Gasteiger partial charge in [0, 0.05) is 24.7 Å². The minimum Gasteiger partial charge on any atom is -0.492 e. The van der Waals surface area contributed by atoms with Gasteiger partial charge in [0.25, 0.3) is 0 Å². The third-order valence-electron chi connectivity index (χ3n) is 4.54. The number of ether oxygens (including phenoxy) is 1. The lowest BCUT2D eigenvalue weighted by molar-refractivity contribution is -0.120. The number of benzene rings is 1. The van der Waals surface area contributed by atoms with Crippen molar-refractivity contribution >= 4 is 21.6 Å². The van der Waals surface area contributed by atoms with E-state index in [1.54, 1.807) is 32.9 Å². The number of rotatable bonds is 8. The molecule has 7 nitrogen and oxygen atoms in total. The Bertz CT molecular complexity index is 711. The van der Waals surface area contributed by atoms with Crippen LogP contribution in [0.25, 0.3) is 0 Å². The zero-order valence-electron chi connectivity index (χ0n) is 15.7. The van der Waals surface area contributed by atoms with E-state index < -0.39 is 10.0 Å². The number of nitrogens with one attached hydrogen (secondary N) is 2. The first kappa shape index (κ1) is 20.7. The molecule has 0 unspecified atom stereocenters. The largest absolute Gasteiger partial charge is 0.492 e. The van der Waals surface area contributed by atoms with Crippen molar-refractivity contribution in [2.75, 3.05) is 38.1 Å². The van der Waals surface area contributed by atoms with E-state index in [1.165, 1.54) is 10.4 Å². The van der Waals surface area contributed by atoms with Crippen LogP contribution in [0.4, 0.5) is 5.69 Å². The van der Waals surface area contributed by atoms with Crippen molar-refractivity contribution in [3.63, 3.8) is 0 Å². The van der Waals surface area contributed by atoms with Gasteiger partial charge in [-0.2, -0.15) is 4.31 Å². The van der Waals surface area contributed by atoms with Crippen LogP contribution in [-0.4, -0.2) is 51.4 Å². The molecule has 0 atom stereocenters. The highest BCUT2D eigenvalue weighted by molar-refractivity contribution is 7.89. The van der Waals surface area contributed by atoms with Gasteiger partial charge in [-0.25, -0.2) is 8.42 Å². The highest BCUT2D eigenvalue weighted by Crippen LogP contribution is 2.30. The molecule has 1 heterocycles. The number of piperidine rings is 1. The van der Waals surface area contributed by atoms with Gasteiger partial charge >= 0.3 is 0 Å². The third-order valence-corrected chi connectivity index (χ3v) is 6.62. The number of carbonyl (C=O) groups excluding carboxylic acids is 1. The summed E-state index contributed by atoms with van der Waals surface area (Å²) in [5, 5.41) is 6.09. The van der Waals surface area contributed by atoms with Crippen LogP contribution in [-0.2, 0) is 14.8 Å². The van der Waals surface area contributed by atoms with E-state index in [0.717, 1.165) is 25.9 Å². The second-order valence-electron chi connectivity index (χ2n) is 6.20. The van der Waals surface area contributed by atoms with Gasteiger partial charge in [-0.3, -0.25) is 4.79 Å². The molecule has 1 aliphatic rings. The average Bonchev–Trinajstić information content (AvgIpc) is 2.64. The minimum atomic E-state index is -3.69. The quantitative estimate of drug-likeness (QED) is 0.717. The Morgan fingerprint density at radius 2 is 1.88 bits per heavy atom. The number of carbonyl (C=O) groups is 1. The molecule has 1 aromatic rings. The summed E-state index contributed by atoms with van der Waals surface area (Å²) in [5.74, 6) is 0.187. The molecular formula is C18H29N3O4S. The Morgan fingerprint density at radius 3 is 2.46 bits per heavy atom. The van der Waals surface area contributed by atoms with E-state index in [4.69, 9.17) is 4.74 Å². The van der Waals surface area contributed by atoms with Crippen molar-refractivity contribution in [1.29, 1.82) is 0 Å². The molecule has 0 radical (unpaired) electrons. The van der Waals surface area contributed by atoms with Crippen LogP contribution in [0.2, 0.25) is 0 Å². The van der Waals surface area contributed by atoms with Gasteiger partial charge in [-0.1, -0.05) is 13.8 Å². The molecule has 0 spiro atoms. The minimum absolute atomic E-state index is 0.0503. The molecule has 0 bridgehead atoms. The van der Waals surface area contributed by atoms with Crippen LogP contribution in [0.5, 0.6) is 5.75 Å². The van der Waals surface area contributed by atoms with Crippen molar-refractivity contribution in [2.24, 2.45) is 5.92 Å². The predicted molar refractivity (Wildman–Crippen MR) is 102 cm³/mol. The molecule has 8 heteroatoms. The molecule has 2 N–H and O–H groups in total. The summed E-state index contributed by atoms with van der Waals surface area (Å²) in [4.78, 5) is 12.5. The van der Waals surface area contributed by atoms with Crippen LogP contribution in [0.3, 0.4) is 0 Å². The Kier molecular flexibility index (Phi) is 7.43. The molecule has 1 saturated heterocycles. The van der Waals surface area contributed by atoms with Crippen molar-refractivity contribution in [3.05, 3.63) is 18.2 Å². The maximum Gasteiger partial charge on any atom is 0.246 e. The van der Waals surface area contributed by atoms with E-state index in [-0.39, 0.29) is 16.7 Å². The van der Waals surface area contributed by atoms with Gasteiger partial charge in [-0.15, -0.1) is 0 Å². The van der Waals surface area contributed by atoms with Crippen LogP contribution in [0.1, 0.15) is 33.6 Å². The van der Waals surface area contributed by atoms with Gasteiger partial charge in [0.05, 0.1) is 6.61 Å². The molecule has 1 aromatic carbocycles. The Morgan fingerprint density at radius 1 is 1.23 bits per heavy atom. The molecule has 0 aliphatic carbocycles. The standard InChI is InChI=1S/C18H29N3O4S/c1-4-21(5-2)26(23,24)17-13-15(7-8-16(17)25-6-3)20-18(22)14-9-11-19-12-10-14/h7-8,13-14,19H,4-6,9-12H2,1-3H3,(H,20,22).